The Hall–Kier alpha value is -2.61. The summed E-state index contributed by atoms with van der Waals surface area (Å²) >= 11 is 2.14. The van der Waals surface area contributed by atoms with Gasteiger partial charge in [0.05, 0.1) is 11.8 Å². The average Bonchev–Trinajstić information content (AvgIpc) is 3.16. The number of hydrogen-bond donors (Lipinski definition) is 2. The van der Waals surface area contributed by atoms with Gasteiger partial charge in [0.25, 0.3) is 11.8 Å². The lowest BCUT2D eigenvalue weighted by atomic mass is 10.2. The zero-order chi connectivity index (χ0) is 17.6. The molecule has 2 N–H and O–H groups in total. The van der Waals surface area contributed by atoms with Gasteiger partial charge in [0.2, 0.25) is 0 Å². The van der Waals surface area contributed by atoms with Crippen molar-refractivity contribution >= 4 is 40.1 Å². The molecule has 0 atom stereocenters. The molecule has 1 aromatic heterocycles. The van der Waals surface area contributed by atoms with Crippen LogP contribution in [0.25, 0.3) is 0 Å². The molecule has 3 aromatic rings. The quantitative estimate of drug-likeness (QED) is 0.581. The first-order valence-corrected chi connectivity index (χ1v) is 8.68. The van der Waals surface area contributed by atoms with Gasteiger partial charge in [-0.3, -0.25) is 9.59 Å². The van der Waals surface area contributed by atoms with E-state index in [0.717, 1.165) is 9.13 Å². The van der Waals surface area contributed by atoms with Crippen molar-refractivity contribution in [1.82, 2.24) is 5.32 Å². The van der Waals surface area contributed by atoms with Gasteiger partial charge in [0, 0.05) is 15.8 Å². The Bertz CT molecular complexity index is 874. The molecule has 0 aliphatic carbocycles. The van der Waals surface area contributed by atoms with E-state index in [1.54, 1.807) is 30.3 Å². The molecule has 1 heterocycles. The maximum atomic E-state index is 12.2. The van der Waals surface area contributed by atoms with Crippen molar-refractivity contribution in [2.75, 3.05) is 5.32 Å². The number of furan rings is 1. The molecule has 0 radical (unpaired) electrons. The third kappa shape index (κ3) is 4.48. The topological polar surface area (TPSA) is 71.3 Å². The number of hydrogen-bond acceptors (Lipinski definition) is 3. The molecule has 5 nitrogen and oxygen atoms in total. The van der Waals surface area contributed by atoms with Crippen molar-refractivity contribution in [3.05, 3.63) is 87.4 Å². The van der Waals surface area contributed by atoms with Crippen LogP contribution in [0.1, 0.15) is 26.5 Å². The molecule has 0 spiro atoms. The molecule has 3 rings (SSSR count). The lowest BCUT2D eigenvalue weighted by Crippen LogP contribution is -2.23. The molecule has 2 amide bonds. The van der Waals surface area contributed by atoms with Crippen LogP contribution >= 0.6 is 22.6 Å². The van der Waals surface area contributed by atoms with Gasteiger partial charge >= 0.3 is 0 Å². The highest BCUT2D eigenvalue weighted by Crippen LogP contribution is 2.13. The number of halogens is 1. The number of rotatable bonds is 5. The summed E-state index contributed by atoms with van der Waals surface area (Å²) in [6.45, 7) is 0.413. The Balaban J connectivity index is 1.57. The van der Waals surface area contributed by atoms with Gasteiger partial charge in [-0.1, -0.05) is 24.3 Å². The first-order chi connectivity index (χ1) is 12.1. The second kappa shape index (κ2) is 7.98. The molecule has 2 aromatic carbocycles. The van der Waals surface area contributed by atoms with Crippen LogP contribution in [0.2, 0.25) is 0 Å². The summed E-state index contributed by atoms with van der Waals surface area (Å²) in [5.41, 5.74) is 2.26. The Morgan fingerprint density at radius 2 is 1.68 bits per heavy atom. The second-order valence-electron chi connectivity index (χ2n) is 5.29. The van der Waals surface area contributed by atoms with Crippen molar-refractivity contribution in [2.45, 2.75) is 6.54 Å². The first kappa shape index (κ1) is 17.2. The van der Waals surface area contributed by atoms with Crippen molar-refractivity contribution in [2.24, 2.45) is 0 Å². The summed E-state index contributed by atoms with van der Waals surface area (Å²) < 4.78 is 5.96. The van der Waals surface area contributed by atoms with Crippen molar-refractivity contribution < 1.29 is 14.0 Å². The van der Waals surface area contributed by atoms with E-state index in [4.69, 9.17) is 4.42 Å². The number of anilines is 1. The van der Waals surface area contributed by atoms with Crippen molar-refractivity contribution in [1.29, 1.82) is 0 Å². The number of carbonyl (C=O) groups is 2. The minimum atomic E-state index is -0.301. The van der Waals surface area contributed by atoms with Gasteiger partial charge in [-0.2, -0.15) is 0 Å². The Morgan fingerprint density at radius 3 is 2.36 bits per heavy atom. The second-order valence-corrected chi connectivity index (χ2v) is 6.45. The normalized spacial score (nSPS) is 10.3. The minimum absolute atomic E-state index is 0.111. The maximum Gasteiger partial charge on any atom is 0.291 e. The molecular weight excluding hydrogens is 431 g/mol. The Kier molecular flexibility index (Phi) is 5.49. The Morgan fingerprint density at radius 1 is 0.920 bits per heavy atom. The van der Waals surface area contributed by atoms with E-state index in [1.807, 2.05) is 30.3 Å². The fourth-order valence-electron chi connectivity index (χ4n) is 2.23. The summed E-state index contributed by atoms with van der Waals surface area (Å²) in [5.74, 6) is -0.154. The fraction of sp³-hybridized carbons (Fsp3) is 0.0526. The molecule has 0 saturated carbocycles. The molecular formula is C19H15IN2O3. The van der Waals surface area contributed by atoms with Crippen LogP contribution in [0.3, 0.4) is 0 Å². The molecule has 0 fully saturated rings. The van der Waals surface area contributed by atoms with Crippen molar-refractivity contribution in [3.63, 3.8) is 0 Å². The average molecular weight is 446 g/mol. The van der Waals surface area contributed by atoms with E-state index < -0.39 is 0 Å². The van der Waals surface area contributed by atoms with Crippen molar-refractivity contribution in [3.8, 4) is 0 Å². The lowest BCUT2D eigenvalue weighted by molar-refractivity contribution is 0.0949. The van der Waals surface area contributed by atoms with E-state index in [-0.39, 0.29) is 17.6 Å². The van der Waals surface area contributed by atoms with Crippen LogP contribution in [0.4, 0.5) is 5.69 Å². The summed E-state index contributed by atoms with van der Waals surface area (Å²) in [7, 11) is 0. The molecule has 0 unspecified atom stereocenters. The predicted octanol–water partition coefficient (Wildman–Crippen LogP) is 4.07. The third-order valence-corrected chi connectivity index (χ3v) is 4.47. The summed E-state index contributed by atoms with van der Waals surface area (Å²) in [6.07, 6.45) is 1.45. The highest BCUT2D eigenvalue weighted by molar-refractivity contribution is 14.1. The van der Waals surface area contributed by atoms with E-state index in [0.29, 0.717) is 17.8 Å². The number of carbonyl (C=O) groups excluding carboxylic acids is 2. The minimum Gasteiger partial charge on any atom is -0.459 e. The smallest absolute Gasteiger partial charge is 0.291 e. The van der Waals surface area contributed by atoms with Gasteiger partial charge in [0.15, 0.2) is 5.76 Å². The van der Waals surface area contributed by atoms with E-state index in [9.17, 15) is 9.59 Å². The van der Waals surface area contributed by atoms with Gasteiger partial charge in [-0.25, -0.2) is 0 Å². The number of nitrogens with one attached hydrogen (secondary N) is 2. The summed E-state index contributed by atoms with van der Waals surface area (Å²) in [4.78, 5) is 24.1. The van der Waals surface area contributed by atoms with E-state index in [2.05, 4.69) is 33.2 Å². The summed E-state index contributed by atoms with van der Waals surface area (Å²) in [5, 5.41) is 5.64. The van der Waals surface area contributed by atoms with Crippen LogP contribution in [-0.2, 0) is 6.54 Å². The van der Waals surface area contributed by atoms with Gasteiger partial charge in [0.1, 0.15) is 0 Å². The summed E-state index contributed by atoms with van der Waals surface area (Å²) in [6, 6.07) is 18.0. The van der Waals surface area contributed by atoms with Gasteiger partial charge in [-0.15, -0.1) is 0 Å². The molecule has 0 bridgehead atoms. The SMILES string of the molecule is O=C(Nc1ccc(CNC(=O)c2ccccc2I)cc1)c1ccco1. The Labute approximate surface area is 158 Å². The monoisotopic (exact) mass is 446 g/mol. The highest BCUT2D eigenvalue weighted by Gasteiger charge is 2.10. The van der Waals surface area contributed by atoms with Crippen LogP contribution in [-0.4, -0.2) is 11.8 Å². The van der Waals surface area contributed by atoms with Gasteiger partial charge < -0.3 is 15.1 Å². The zero-order valence-electron chi connectivity index (χ0n) is 13.2. The molecule has 0 aliphatic rings. The zero-order valence-corrected chi connectivity index (χ0v) is 15.3. The molecule has 6 heteroatoms. The van der Waals surface area contributed by atoms with E-state index in [1.165, 1.54) is 6.26 Å². The van der Waals surface area contributed by atoms with Gasteiger partial charge in [-0.05, 0) is 64.6 Å². The predicted molar refractivity (Wildman–Crippen MR) is 103 cm³/mol. The van der Waals surface area contributed by atoms with Crippen LogP contribution in [0, 0.1) is 3.57 Å². The first-order valence-electron chi connectivity index (χ1n) is 7.60. The third-order valence-electron chi connectivity index (χ3n) is 3.53. The maximum absolute atomic E-state index is 12.2. The molecule has 25 heavy (non-hydrogen) atoms. The largest absolute Gasteiger partial charge is 0.459 e. The molecule has 0 aliphatic heterocycles. The molecule has 126 valence electrons. The van der Waals surface area contributed by atoms with Crippen LogP contribution < -0.4 is 10.6 Å². The van der Waals surface area contributed by atoms with Crippen LogP contribution in [0.15, 0.2) is 71.3 Å². The molecule has 0 saturated heterocycles. The lowest BCUT2D eigenvalue weighted by Gasteiger charge is -2.08. The number of benzene rings is 2. The fourth-order valence-corrected chi connectivity index (χ4v) is 2.86. The van der Waals surface area contributed by atoms with E-state index >= 15 is 0 Å². The standard InChI is InChI=1S/C19H15IN2O3/c20-16-5-2-1-4-15(16)18(23)21-12-13-7-9-14(10-8-13)22-19(24)17-6-3-11-25-17/h1-11H,12H2,(H,21,23)(H,22,24). The number of amides is 2. The van der Waals surface area contributed by atoms with Crippen LogP contribution in [0.5, 0.6) is 0 Å². The highest BCUT2D eigenvalue weighted by atomic mass is 127.